The molecule has 1 aromatic carbocycles. The summed E-state index contributed by atoms with van der Waals surface area (Å²) in [5.74, 6) is -0.982. The summed E-state index contributed by atoms with van der Waals surface area (Å²) in [5.41, 5.74) is -0.441. The van der Waals surface area contributed by atoms with Gasteiger partial charge in [-0.2, -0.15) is 4.39 Å². The molecule has 8 heteroatoms. The van der Waals surface area contributed by atoms with Crippen molar-refractivity contribution in [2.75, 3.05) is 31.6 Å². The molecule has 2 amide bonds. The molecular formula is C11H12FN3O4. The number of nitro benzene ring substituents is 1. The number of anilines is 1. The monoisotopic (exact) mass is 269 g/mol. The second kappa shape index (κ2) is 5.61. The van der Waals surface area contributed by atoms with E-state index in [1.165, 1.54) is 11.0 Å². The van der Waals surface area contributed by atoms with E-state index in [1.807, 2.05) is 0 Å². The Labute approximate surface area is 108 Å². The first-order chi connectivity index (χ1) is 9.08. The van der Waals surface area contributed by atoms with Crippen LogP contribution in [-0.4, -0.2) is 42.2 Å². The third kappa shape index (κ3) is 3.16. The largest absolute Gasteiger partial charge is 0.378 e. The van der Waals surface area contributed by atoms with E-state index in [-0.39, 0.29) is 11.7 Å². The van der Waals surface area contributed by atoms with Gasteiger partial charge < -0.3 is 15.0 Å². The van der Waals surface area contributed by atoms with E-state index in [1.54, 1.807) is 0 Å². The fourth-order valence-electron chi connectivity index (χ4n) is 1.70. The van der Waals surface area contributed by atoms with Crippen molar-refractivity contribution in [1.29, 1.82) is 0 Å². The molecule has 7 nitrogen and oxygen atoms in total. The summed E-state index contributed by atoms with van der Waals surface area (Å²) in [6.45, 7) is 1.84. The molecule has 0 saturated carbocycles. The molecule has 1 heterocycles. The number of hydrogen-bond acceptors (Lipinski definition) is 4. The van der Waals surface area contributed by atoms with E-state index in [2.05, 4.69) is 5.32 Å². The van der Waals surface area contributed by atoms with Crippen LogP contribution in [0.15, 0.2) is 18.2 Å². The maximum Gasteiger partial charge on any atom is 0.322 e. The molecule has 1 N–H and O–H groups in total. The van der Waals surface area contributed by atoms with Gasteiger partial charge in [0.15, 0.2) is 0 Å². The average molecular weight is 269 g/mol. The Morgan fingerprint density at radius 3 is 2.68 bits per heavy atom. The van der Waals surface area contributed by atoms with Gasteiger partial charge in [0.05, 0.1) is 18.1 Å². The van der Waals surface area contributed by atoms with E-state index >= 15 is 0 Å². The van der Waals surface area contributed by atoms with Gasteiger partial charge in [-0.3, -0.25) is 10.1 Å². The summed E-state index contributed by atoms with van der Waals surface area (Å²) in [4.78, 5) is 23.0. The molecule has 0 unspecified atom stereocenters. The minimum Gasteiger partial charge on any atom is -0.378 e. The third-order valence-electron chi connectivity index (χ3n) is 2.69. The Morgan fingerprint density at radius 2 is 2.11 bits per heavy atom. The molecule has 2 rings (SSSR count). The quantitative estimate of drug-likeness (QED) is 0.652. The molecule has 1 saturated heterocycles. The van der Waals surface area contributed by atoms with Crippen molar-refractivity contribution in [1.82, 2.24) is 4.90 Å². The molecule has 0 spiro atoms. The molecule has 102 valence electrons. The number of nitrogens with one attached hydrogen (secondary N) is 1. The first kappa shape index (κ1) is 13.2. The summed E-state index contributed by atoms with van der Waals surface area (Å²) in [5, 5.41) is 12.9. The fourth-order valence-corrected chi connectivity index (χ4v) is 1.70. The molecular weight excluding hydrogens is 257 g/mol. The zero-order chi connectivity index (χ0) is 13.8. The number of benzene rings is 1. The van der Waals surface area contributed by atoms with Crippen LogP contribution in [0.5, 0.6) is 0 Å². The number of amides is 2. The predicted octanol–water partition coefficient (Wildman–Crippen LogP) is 1.60. The lowest BCUT2D eigenvalue weighted by Gasteiger charge is -2.26. The topological polar surface area (TPSA) is 84.7 Å². The smallest absolute Gasteiger partial charge is 0.322 e. The Bertz CT molecular complexity index is 503. The number of rotatable bonds is 2. The van der Waals surface area contributed by atoms with E-state index in [4.69, 9.17) is 4.74 Å². The van der Waals surface area contributed by atoms with Gasteiger partial charge >= 0.3 is 11.7 Å². The van der Waals surface area contributed by atoms with Gasteiger partial charge in [-0.1, -0.05) is 0 Å². The van der Waals surface area contributed by atoms with E-state index in [0.29, 0.717) is 26.3 Å². The SMILES string of the molecule is O=C(Nc1ccc([N+](=O)[O-])c(F)c1)N1CCOCC1. The highest BCUT2D eigenvalue weighted by Gasteiger charge is 2.18. The Morgan fingerprint density at radius 1 is 1.42 bits per heavy atom. The van der Waals surface area contributed by atoms with Gasteiger partial charge in [0.2, 0.25) is 5.82 Å². The lowest BCUT2D eigenvalue weighted by molar-refractivity contribution is -0.387. The molecule has 1 aliphatic rings. The van der Waals surface area contributed by atoms with Crippen LogP contribution in [-0.2, 0) is 4.74 Å². The fraction of sp³-hybridized carbons (Fsp3) is 0.364. The van der Waals surface area contributed by atoms with Crippen LogP contribution >= 0.6 is 0 Å². The molecule has 1 fully saturated rings. The lowest BCUT2D eigenvalue weighted by Crippen LogP contribution is -2.43. The second-order valence-corrected chi connectivity index (χ2v) is 3.95. The minimum absolute atomic E-state index is 0.180. The number of morpholine rings is 1. The first-order valence-corrected chi connectivity index (χ1v) is 5.65. The summed E-state index contributed by atoms with van der Waals surface area (Å²) in [6.07, 6.45) is 0. The molecule has 0 radical (unpaired) electrons. The molecule has 0 bridgehead atoms. The number of ether oxygens (including phenoxy) is 1. The number of nitro groups is 1. The van der Waals surface area contributed by atoms with Crippen LogP contribution in [0, 0.1) is 15.9 Å². The van der Waals surface area contributed by atoms with Crippen molar-refractivity contribution in [2.24, 2.45) is 0 Å². The zero-order valence-electron chi connectivity index (χ0n) is 9.97. The van der Waals surface area contributed by atoms with Gasteiger partial charge in [-0.15, -0.1) is 0 Å². The summed E-state index contributed by atoms with van der Waals surface area (Å²) in [7, 11) is 0. The Balaban J connectivity index is 2.04. The van der Waals surface area contributed by atoms with Crippen LogP contribution in [0.25, 0.3) is 0 Å². The molecule has 19 heavy (non-hydrogen) atoms. The highest BCUT2D eigenvalue weighted by molar-refractivity contribution is 5.89. The second-order valence-electron chi connectivity index (χ2n) is 3.95. The van der Waals surface area contributed by atoms with Crippen molar-refractivity contribution in [3.63, 3.8) is 0 Å². The number of halogens is 1. The Hall–Kier alpha value is -2.22. The maximum absolute atomic E-state index is 13.4. The van der Waals surface area contributed by atoms with Crippen LogP contribution < -0.4 is 5.32 Å². The number of hydrogen-bond donors (Lipinski definition) is 1. The first-order valence-electron chi connectivity index (χ1n) is 5.65. The number of carbonyl (C=O) groups is 1. The van der Waals surface area contributed by atoms with Gasteiger partial charge in [-0.25, -0.2) is 4.79 Å². The van der Waals surface area contributed by atoms with Crippen LogP contribution in [0.2, 0.25) is 0 Å². The standard InChI is InChI=1S/C11H12FN3O4/c12-9-7-8(1-2-10(9)15(17)18)13-11(16)14-3-5-19-6-4-14/h1-2,7H,3-6H2,(H,13,16). The van der Waals surface area contributed by atoms with Gasteiger partial charge in [0.1, 0.15) is 0 Å². The van der Waals surface area contributed by atoms with Crippen molar-refractivity contribution >= 4 is 17.4 Å². The number of carbonyl (C=O) groups excluding carboxylic acids is 1. The van der Waals surface area contributed by atoms with E-state index in [0.717, 1.165) is 12.1 Å². The van der Waals surface area contributed by atoms with Gasteiger partial charge in [-0.05, 0) is 6.07 Å². The van der Waals surface area contributed by atoms with Crippen LogP contribution in [0.4, 0.5) is 20.6 Å². The predicted molar refractivity (Wildman–Crippen MR) is 64.5 cm³/mol. The molecule has 0 aromatic heterocycles. The molecule has 0 aliphatic carbocycles. The highest BCUT2D eigenvalue weighted by atomic mass is 19.1. The van der Waals surface area contributed by atoms with E-state index in [9.17, 15) is 19.3 Å². The number of urea groups is 1. The van der Waals surface area contributed by atoms with Crippen molar-refractivity contribution in [3.8, 4) is 0 Å². The average Bonchev–Trinajstić information content (AvgIpc) is 2.39. The highest BCUT2D eigenvalue weighted by Crippen LogP contribution is 2.21. The van der Waals surface area contributed by atoms with Gasteiger partial charge in [0, 0.05) is 30.9 Å². The maximum atomic E-state index is 13.4. The molecule has 1 aromatic rings. The normalized spacial score (nSPS) is 15.1. The molecule has 0 atom stereocenters. The van der Waals surface area contributed by atoms with Crippen molar-refractivity contribution < 1.29 is 18.8 Å². The zero-order valence-corrected chi connectivity index (χ0v) is 9.97. The van der Waals surface area contributed by atoms with Gasteiger partial charge in [0.25, 0.3) is 0 Å². The molecule has 1 aliphatic heterocycles. The lowest BCUT2D eigenvalue weighted by atomic mass is 10.2. The van der Waals surface area contributed by atoms with Crippen molar-refractivity contribution in [2.45, 2.75) is 0 Å². The summed E-state index contributed by atoms with van der Waals surface area (Å²) >= 11 is 0. The summed E-state index contributed by atoms with van der Waals surface area (Å²) in [6, 6.07) is 2.86. The number of nitrogens with zero attached hydrogens (tertiary/aromatic N) is 2. The van der Waals surface area contributed by atoms with Crippen LogP contribution in [0.1, 0.15) is 0 Å². The third-order valence-corrected chi connectivity index (χ3v) is 2.69. The summed E-state index contributed by atoms with van der Waals surface area (Å²) < 4.78 is 18.5. The minimum atomic E-state index is -0.982. The van der Waals surface area contributed by atoms with Crippen LogP contribution in [0.3, 0.4) is 0 Å². The van der Waals surface area contributed by atoms with E-state index < -0.39 is 16.4 Å². The van der Waals surface area contributed by atoms with Crippen molar-refractivity contribution in [3.05, 3.63) is 34.1 Å². The Kier molecular flexibility index (Phi) is 3.91.